The van der Waals surface area contributed by atoms with Crippen LogP contribution in [0, 0.1) is 11.3 Å². The summed E-state index contributed by atoms with van der Waals surface area (Å²) < 4.78 is 4.82. The summed E-state index contributed by atoms with van der Waals surface area (Å²) in [5.41, 5.74) is 1.39. The molecule has 0 saturated carbocycles. The number of aliphatic carboxylic acids is 1. The first-order valence-electron chi connectivity index (χ1n) is 6.89. The molecule has 0 saturated heterocycles. The Labute approximate surface area is 129 Å². The highest BCUT2D eigenvalue weighted by molar-refractivity contribution is 5.74. The van der Waals surface area contributed by atoms with Gasteiger partial charge in [-0.25, -0.2) is 0 Å². The maximum Gasteiger partial charge on any atom is 0.320 e. The van der Waals surface area contributed by atoms with Crippen LogP contribution in [0.4, 0.5) is 5.69 Å². The zero-order valence-corrected chi connectivity index (χ0v) is 12.4. The van der Waals surface area contributed by atoms with Gasteiger partial charge in [-0.15, -0.1) is 0 Å². The fourth-order valence-corrected chi connectivity index (χ4v) is 1.82. The van der Waals surface area contributed by atoms with E-state index < -0.39 is 11.9 Å². The minimum Gasteiger partial charge on any atom is -0.480 e. The Morgan fingerprint density at radius 2 is 2.00 bits per heavy atom. The van der Waals surface area contributed by atoms with Gasteiger partial charge in [-0.2, -0.15) is 5.26 Å². The summed E-state index contributed by atoms with van der Waals surface area (Å²) in [5, 5.41) is 20.7. The van der Waals surface area contributed by atoms with Crippen LogP contribution in [0.3, 0.4) is 0 Å². The number of nitriles is 1. The lowest BCUT2D eigenvalue weighted by Gasteiger charge is -2.19. The second-order valence-electron chi connectivity index (χ2n) is 4.53. The van der Waals surface area contributed by atoms with Crippen molar-refractivity contribution < 1.29 is 19.4 Å². The molecule has 0 aliphatic carbocycles. The summed E-state index contributed by atoms with van der Waals surface area (Å²) in [6.45, 7) is 2.53. The van der Waals surface area contributed by atoms with Gasteiger partial charge >= 0.3 is 11.9 Å². The molecule has 0 aliphatic rings. The number of carbonyl (C=O) groups excluding carboxylic acids is 1. The lowest BCUT2D eigenvalue weighted by Crippen LogP contribution is -2.38. The first-order chi connectivity index (χ1) is 10.5. The number of nitrogens with zero attached hydrogens (tertiary/aromatic N) is 2. The predicted molar refractivity (Wildman–Crippen MR) is 80.4 cm³/mol. The van der Waals surface area contributed by atoms with E-state index in [1.807, 2.05) is 6.07 Å². The average Bonchev–Trinajstić information content (AvgIpc) is 2.47. The molecule has 1 aromatic carbocycles. The number of nitrogens with one attached hydrogen (secondary N) is 1. The SMILES string of the molecule is CCOC(=O)CN(CCNc1ccc(C#N)cc1)CC(=O)O. The quantitative estimate of drug-likeness (QED) is 0.654. The van der Waals surface area contributed by atoms with Gasteiger partial charge < -0.3 is 15.2 Å². The number of carboxylic acids is 1. The highest BCUT2D eigenvalue weighted by atomic mass is 16.5. The third-order valence-corrected chi connectivity index (χ3v) is 2.79. The number of esters is 1. The molecule has 0 bridgehead atoms. The third-order valence-electron chi connectivity index (χ3n) is 2.79. The van der Waals surface area contributed by atoms with Crippen LogP contribution in [-0.4, -0.2) is 54.7 Å². The van der Waals surface area contributed by atoms with Crippen molar-refractivity contribution in [1.82, 2.24) is 4.90 Å². The Morgan fingerprint density at radius 1 is 1.32 bits per heavy atom. The molecule has 118 valence electrons. The number of carbonyl (C=O) groups is 2. The van der Waals surface area contributed by atoms with E-state index in [0.29, 0.717) is 18.7 Å². The molecule has 2 N–H and O–H groups in total. The highest BCUT2D eigenvalue weighted by Gasteiger charge is 2.14. The molecule has 7 heteroatoms. The summed E-state index contributed by atoms with van der Waals surface area (Å²) in [5.74, 6) is -1.44. The van der Waals surface area contributed by atoms with Crippen LogP contribution in [0.1, 0.15) is 12.5 Å². The summed E-state index contributed by atoms with van der Waals surface area (Å²) in [6, 6.07) is 8.95. The van der Waals surface area contributed by atoms with Crippen molar-refractivity contribution >= 4 is 17.6 Å². The van der Waals surface area contributed by atoms with Crippen LogP contribution in [0.15, 0.2) is 24.3 Å². The van der Waals surface area contributed by atoms with Crippen molar-refractivity contribution in [1.29, 1.82) is 5.26 Å². The van der Waals surface area contributed by atoms with E-state index in [-0.39, 0.29) is 19.7 Å². The van der Waals surface area contributed by atoms with Crippen LogP contribution >= 0.6 is 0 Å². The molecule has 0 aromatic heterocycles. The van der Waals surface area contributed by atoms with Gasteiger partial charge in [-0.3, -0.25) is 14.5 Å². The van der Waals surface area contributed by atoms with Crippen molar-refractivity contribution in [2.45, 2.75) is 6.92 Å². The van der Waals surface area contributed by atoms with E-state index in [1.54, 1.807) is 31.2 Å². The normalized spacial score (nSPS) is 10.0. The van der Waals surface area contributed by atoms with Crippen LogP contribution < -0.4 is 5.32 Å². The average molecular weight is 305 g/mol. The smallest absolute Gasteiger partial charge is 0.320 e. The van der Waals surface area contributed by atoms with Gasteiger partial charge in [0.1, 0.15) is 0 Å². The van der Waals surface area contributed by atoms with Crippen molar-refractivity contribution in [3.63, 3.8) is 0 Å². The van der Waals surface area contributed by atoms with E-state index in [4.69, 9.17) is 15.1 Å². The first kappa shape index (κ1) is 17.5. The second-order valence-corrected chi connectivity index (χ2v) is 4.53. The Balaban J connectivity index is 2.46. The fraction of sp³-hybridized carbons (Fsp3) is 0.400. The third kappa shape index (κ3) is 6.72. The molecular weight excluding hydrogens is 286 g/mol. The number of anilines is 1. The molecule has 0 amide bonds. The van der Waals surface area contributed by atoms with Crippen LogP contribution in [0.5, 0.6) is 0 Å². The van der Waals surface area contributed by atoms with Gasteiger partial charge in [0.15, 0.2) is 0 Å². The maximum absolute atomic E-state index is 11.4. The number of hydrogen-bond donors (Lipinski definition) is 2. The number of benzene rings is 1. The maximum atomic E-state index is 11.4. The highest BCUT2D eigenvalue weighted by Crippen LogP contribution is 2.08. The number of ether oxygens (including phenoxy) is 1. The molecule has 0 heterocycles. The monoisotopic (exact) mass is 305 g/mol. The Hall–Kier alpha value is -2.59. The molecule has 22 heavy (non-hydrogen) atoms. The van der Waals surface area contributed by atoms with E-state index in [2.05, 4.69) is 5.32 Å². The van der Waals surface area contributed by atoms with Gasteiger partial charge in [0.25, 0.3) is 0 Å². The minimum absolute atomic E-state index is 0.0603. The predicted octanol–water partition coefficient (Wildman–Crippen LogP) is 0.920. The van der Waals surface area contributed by atoms with E-state index >= 15 is 0 Å². The van der Waals surface area contributed by atoms with Crippen LogP contribution in [0.25, 0.3) is 0 Å². The molecule has 0 unspecified atom stereocenters. The van der Waals surface area contributed by atoms with Crippen molar-refractivity contribution in [2.75, 3.05) is 38.1 Å². The number of rotatable bonds is 9. The van der Waals surface area contributed by atoms with Crippen LogP contribution in [0.2, 0.25) is 0 Å². The van der Waals surface area contributed by atoms with Crippen molar-refractivity contribution in [2.24, 2.45) is 0 Å². The van der Waals surface area contributed by atoms with E-state index in [1.165, 1.54) is 4.90 Å². The largest absolute Gasteiger partial charge is 0.480 e. The summed E-state index contributed by atoms with van der Waals surface area (Å²) in [4.78, 5) is 23.7. The standard InChI is InChI=1S/C15H19N3O4/c1-2-22-15(21)11-18(10-14(19)20)8-7-17-13-5-3-12(9-16)4-6-13/h3-6,17H,2,7-8,10-11H2,1H3,(H,19,20). The molecule has 0 radical (unpaired) electrons. The van der Waals surface area contributed by atoms with Gasteiger partial charge in [0.2, 0.25) is 0 Å². The molecular formula is C15H19N3O4. The summed E-state index contributed by atoms with van der Waals surface area (Å²) in [6.07, 6.45) is 0. The summed E-state index contributed by atoms with van der Waals surface area (Å²) in [7, 11) is 0. The van der Waals surface area contributed by atoms with Gasteiger partial charge in [0.05, 0.1) is 31.3 Å². The first-order valence-corrected chi connectivity index (χ1v) is 6.89. The fourth-order valence-electron chi connectivity index (χ4n) is 1.82. The Kier molecular flexibility index (Phi) is 7.43. The molecule has 0 fully saturated rings. The molecule has 0 spiro atoms. The van der Waals surface area contributed by atoms with Gasteiger partial charge in [-0.1, -0.05) is 0 Å². The lowest BCUT2D eigenvalue weighted by atomic mass is 10.2. The molecule has 1 aromatic rings. The van der Waals surface area contributed by atoms with E-state index in [9.17, 15) is 9.59 Å². The molecule has 7 nitrogen and oxygen atoms in total. The molecule has 0 atom stereocenters. The molecule has 1 rings (SSSR count). The zero-order chi connectivity index (χ0) is 16.4. The number of hydrogen-bond acceptors (Lipinski definition) is 6. The van der Waals surface area contributed by atoms with Crippen LogP contribution in [-0.2, 0) is 14.3 Å². The number of carboxylic acid groups (broad SMARTS) is 1. The van der Waals surface area contributed by atoms with Gasteiger partial charge in [0, 0.05) is 18.8 Å². The zero-order valence-electron chi connectivity index (χ0n) is 12.4. The van der Waals surface area contributed by atoms with Crippen molar-refractivity contribution in [3.05, 3.63) is 29.8 Å². The molecule has 0 aliphatic heterocycles. The second kappa shape index (κ2) is 9.37. The lowest BCUT2D eigenvalue weighted by molar-refractivity contribution is -0.145. The van der Waals surface area contributed by atoms with Crippen molar-refractivity contribution in [3.8, 4) is 6.07 Å². The summed E-state index contributed by atoms with van der Waals surface area (Å²) >= 11 is 0. The minimum atomic E-state index is -0.998. The van der Waals surface area contributed by atoms with Gasteiger partial charge in [-0.05, 0) is 31.2 Å². The van der Waals surface area contributed by atoms with E-state index in [0.717, 1.165) is 5.69 Å². The Bertz CT molecular complexity index is 537. The topological polar surface area (TPSA) is 103 Å². The Morgan fingerprint density at radius 3 is 2.55 bits per heavy atom.